The maximum Gasteiger partial charge on any atom is 0.411 e. The highest BCUT2D eigenvalue weighted by molar-refractivity contribution is 9.09. The molecule has 0 bridgehead atoms. The number of ether oxygens (including phenoxy) is 1. The van der Waals surface area contributed by atoms with Crippen molar-refractivity contribution in [1.82, 2.24) is 0 Å². The molecule has 0 amide bonds. The molecule has 0 radical (unpaired) electrons. The zero-order valence-electron chi connectivity index (χ0n) is 7.13. The van der Waals surface area contributed by atoms with Crippen LogP contribution in [0.5, 0.6) is 0 Å². The van der Waals surface area contributed by atoms with Crippen molar-refractivity contribution in [2.45, 2.75) is 13.1 Å². The molecule has 6 heteroatoms. The van der Waals surface area contributed by atoms with E-state index in [1.807, 2.05) is 6.92 Å². The van der Waals surface area contributed by atoms with E-state index in [1.165, 1.54) is 0 Å². The van der Waals surface area contributed by atoms with Crippen LogP contribution in [0.2, 0.25) is 0 Å². The van der Waals surface area contributed by atoms with E-state index in [9.17, 15) is 13.2 Å². The van der Waals surface area contributed by atoms with Crippen LogP contribution in [-0.4, -0.2) is 30.1 Å². The zero-order valence-corrected chi connectivity index (χ0v) is 10.3. The standard InChI is InChI=1S/C7H11Br2F3O/c1-6(2-8,3-9)4-13-5-7(10,11)12/h2-5H2,1H3. The van der Waals surface area contributed by atoms with Gasteiger partial charge in [-0.3, -0.25) is 0 Å². The zero-order chi connectivity index (χ0) is 10.5. The van der Waals surface area contributed by atoms with Crippen LogP contribution >= 0.6 is 31.9 Å². The minimum Gasteiger partial charge on any atom is -0.371 e. The highest BCUT2D eigenvalue weighted by atomic mass is 79.9. The number of hydrogen-bond donors (Lipinski definition) is 0. The predicted octanol–water partition coefficient (Wildman–Crippen LogP) is 3.36. The topological polar surface area (TPSA) is 9.23 Å². The summed E-state index contributed by atoms with van der Waals surface area (Å²) in [4.78, 5) is 0. The molecule has 0 rings (SSSR count). The normalized spacial score (nSPS) is 13.4. The Balaban J connectivity index is 3.74. The molecule has 0 spiro atoms. The van der Waals surface area contributed by atoms with E-state index in [0.29, 0.717) is 10.7 Å². The molecule has 0 atom stereocenters. The fraction of sp³-hybridized carbons (Fsp3) is 1.00. The summed E-state index contributed by atoms with van der Waals surface area (Å²) < 4.78 is 39.6. The third-order valence-corrected chi connectivity index (χ3v) is 4.07. The van der Waals surface area contributed by atoms with Gasteiger partial charge in [-0.2, -0.15) is 13.2 Å². The van der Waals surface area contributed by atoms with E-state index in [1.54, 1.807) is 0 Å². The van der Waals surface area contributed by atoms with Crippen LogP contribution in [-0.2, 0) is 4.74 Å². The van der Waals surface area contributed by atoms with Gasteiger partial charge in [0.2, 0.25) is 0 Å². The summed E-state index contributed by atoms with van der Waals surface area (Å²) in [5.41, 5.74) is -0.286. The van der Waals surface area contributed by atoms with Crippen LogP contribution in [0.25, 0.3) is 0 Å². The molecule has 0 N–H and O–H groups in total. The van der Waals surface area contributed by atoms with Crippen molar-refractivity contribution in [2.24, 2.45) is 5.41 Å². The Labute approximate surface area is 92.3 Å². The number of hydrogen-bond acceptors (Lipinski definition) is 1. The second kappa shape index (κ2) is 5.56. The lowest BCUT2D eigenvalue weighted by molar-refractivity contribution is -0.178. The molecule has 0 saturated carbocycles. The summed E-state index contributed by atoms with van der Waals surface area (Å²) in [5.74, 6) is 0. The molecule has 1 nitrogen and oxygen atoms in total. The smallest absolute Gasteiger partial charge is 0.371 e. The molecule has 0 unspecified atom stereocenters. The fourth-order valence-electron chi connectivity index (χ4n) is 0.526. The minimum absolute atomic E-state index is 0.0863. The Morgan fingerprint density at radius 3 is 1.85 bits per heavy atom. The van der Waals surface area contributed by atoms with Gasteiger partial charge >= 0.3 is 6.18 Å². The van der Waals surface area contributed by atoms with Gasteiger partial charge in [-0.25, -0.2) is 0 Å². The van der Waals surface area contributed by atoms with E-state index in [2.05, 4.69) is 36.6 Å². The van der Waals surface area contributed by atoms with Crippen molar-refractivity contribution >= 4 is 31.9 Å². The van der Waals surface area contributed by atoms with Crippen LogP contribution in [0.4, 0.5) is 13.2 Å². The van der Waals surface area contributed by atoms with Crippen molar-refractivity contribution in [1.29, 1.82) is 0 Å². The monoisotopic (exact) mass is 326 g/mol. The third-order valence-electron chi connectivity index (χ3n) is 1.36. The van der Waals surface area contributed by atoms with Gasteiger partial charge in [0.15, 0.2) is 0 Å². The van der Waals surface area contributed by atoms with E-state index < -0.39 is 12.8 Å². The summed E-state index contributed by atoms with van der Waals surface area (Å²) in [7, 11) is 0. The first-order valence-corrected chi connectivity index (χ1v) is 5.84. The van der Waals surface area contributed by atoms with Crippen LogP contribution in [0.3, 0.4) is 0 Å². The predicted molar refractivity (Wildman–Crippen MR) is 52.6 cm³/mol. The first kappa shape index (κ1) is 13.7. The van der Waals surface area contributed by atoms with Crippen molar-refractivity contribution in [2.75, 3.05) is 23.9 Å². The van der Waals surface area contributed by atoms with Gasteiger partial charge < -0.3 is 4.74 Å². The van der Waals surface area contributed by atoms with Crippen LogP contribution < -0.4 is 0 Å². The summed E-state index contributed by atoms with van der Waals surface area (Å²) in [6.45, 7) is 0.748. The molecule has 0 aromatic rings. The lowest BCUT2D eigenvalue weighted by atomic mass is 9.98. The maximum atomic E-state index is 11.7. The summed E-state index contributed by atoms with van der Waals surface area (Å²) in [6.07, 6.45) is -4.24. The number of rotatable bonds is 5. The van der Waals surface area contributed by atoms with Gasteiger partial charge in [0.1, 0.15) is 6.61 Å². The highest BCUT2D eigenvalue weighted by Crippen LogP contribution is 2.24. The van der Waals surface area contributed by atoms with E-state index in [4.69, 9.17) is 0 Å². The largest absolute Gasteiger partial charge is 0.411 e. The van der Waals surface area contributed by atoms with E-state index >= 15 is 0 Å². The second-order valence-electron chi connectivity index (χ2n) is 3.19. The van der Waals surface area contributed by atoms with Gasteiger partial charge in [0.25, 0.3) is 0 Å². The Morgan fingerprint density at radius 1 is 1.08 bits per heavy atom. The third kappa shape index (κ3) is 6.74. The Hall–Kier alpha value is 0.710. The molecular weight excluding hydrogens is 317 g/mol. The lowest BCUT2D eigenvalue weighted by Gasteiger charge is -2.24. The van der Waals surface area contributed by atoms with Crippen molar-refractivity contribution in [3.63, 3.8) is 0 Å². The molecule has 0 aliphatic carbocycles. The minimum atomic E-state index is -4.24. The fourth-order valence-corrected chi connectivity index (χ4v) is 1.78. The molecule has 0 heterocycles. The van der Waals surface area contributed by atoms with Crippen LogP contribution in [0.1, 0.15) is 6.92 Å². The van der Waals surface area contributed by atoms with Crippen LogP contribution in [0, 0.1) is 5.41 Å². The quantitative estimate of drug-likeness (QED) is 0.704. The molecule has 0 aromatic heterocycles. The lowest BCUT2D eigenvalue weighted by Crippen LogP contribution is -2.29. The average Bonchev–Trinajstić information content (AvgIpc) is 2.02. The average molecular weight is 328 g/mol. The van der Waals surface area contributed by atoms with Gasteiger partial charge in [-0.1, -0.05) is 38.8 Å². The maximum absolute atomic E-state index is 11.7. The number of halogens is 5. The molecule has 0 fully saturated rings. The first-order chi connectivity index (χ1) is 5.83. The number of alkyl halides is 5. The molecular formula is C7H11Br2F3O. The summed E-state index contributed by atoms with van der Waals surface area (Å²) in [5, 5.41) is 1.20. The summed E-state index contributed by atoms with van der Waals surface area (Å²) in [6, 6.07) is 0. The van der Waals surface area contributed by atoms with Crippen molar-refractivity contribution < 1.29 is 17.9 Å². The van der Waals surface area contributed by atoms with Gasteiger partial charge in [-0.05, 0) is 0 Å². The molecule has 0 aromatic carbocycles. The Morgan fingerprint density at radius 2 is 1.54 bits per heavy atom. The SMILES string of the molecule is CC(CBr)(CBr)COCC(F)(F)F. The van der Waals surface area contributed by atoms with E-state index in [-0.39, 0.29) is 12.0 Å². The van der Waals surface area contributed by atoms with Crippen molar-refractivity contribution in [3.8, 4) is 0 Å². The van der Waals surface area contributed by atoms with Crippen molar-refractivity contribution in [3.05, 3.63) is 0 Å². The summed E-state index contributed by atoms with van der Waals surface area (Å²) >= 11 is 6.44. The highest BCUT2D eigenvalue weighted by Gasteiger charge is 2.30. The van der Waals surface area contributed by atoms with Gasteiger partial charge in [0.05, 0.1) is 6.61 Å². The van der Waals surface area contributed by atoms with E-state index in [0.717, 1.165) is 0 Å². The second-order valence-corrected chi connectivity index (χ2v) is 4.31. The van der Waals surface area contributed by atoms with Crippen LogP contribution in [0.15, 0.2) is 0 Å². The molecule has 13 heavy (non-hydrogen) atoms. The molecule has 0 saturated heterocycles. The Kier molecular flexibility index (Phi) is 5.86. The molecule has 0 aliphatic heterocycles. The Bertz CT molecular complexity index is 145. The van der Waals surface area contributed by atoms with Gasteiger partial charge in [0, 0.05) is 16.1 Å². The first-order valence-electron chi connectivity index (χ1n) is 3.59. The molecule has 80 valence electrons. The molecule has 0 aliphatic rings. The van der Waals surface area contributed by atoms with Gasteiger partial charge in [-0.15, -0.1) is 0 Å².